The van der Waals surface area contributed by atoms with E-state index >= 15 is 0 Å². The van der Waals surface area contributed by atoms with E-state index in [0.717, 1.165) is 22.6 Å². The molecular formula is C23H23N7O2S. The molecule has 2 N–H and O–H groups in total. The molecule has 2 aromatic heterocycles. The van der Waals surface area contributed by atoms with Crippen molar-refractivity contribution in [1.82, 2.24) is 30.1 Å². The Balaban J connectivity index is 1.39. The van der Waals surface area contributed by atoms with Crippen LogP contribution in [0.15, 0.2) is 77.9 Å². The average Bonchev–Trinajstić information content (AvgIpc) is 3.38. The molecule has 4 rings (SSSR count). The average molecular weight is 462 g/mol. The topological polar surface area (TPSA) is 107 Å². The predicted molar refractivity (Wildman–Crippen MR) is 128 cm³/mol. The summed E-state index contributed by atoms with van der Waals surface area (Å²) in [6, 6.07) is 21.1. The lowest BCUT2D eigenvalue weighted by Gasteiger charge is -2.14. The summed E-state index contributed by atoms with van der Waals surface area (Å²) < 4.78 is 6.12. The van der Waals surface area contributed by atoms with Crippen molar-refractivity contribution in [2.75, 3.05) is 4.72 Å². The zero-order valence-electron chi connectivity index (χ0n) is 18.0. The van der Waals surface area contributed by atoms with Gasteiger partial charge in [0.05, 0.1) is 5.69 Å². The van der Waals surface area contributed by atoms with Crippen molar-refractivity contribution in [3.8, 4) is 5.69 Å². The van der Waals surface area contributed by atoms with Crippen LogP contribution in [0.1, 0.15) is 16.8 Å². The summed E-state index contributed by atoms with van der Waals surface area (Å²) in [7, 11) is 0. The largest absolute Gasteiger partial charge is 0.350 e. The van der Waals surface area contributed by atoms with E-state index in [1.807, 2.05) is 67.6 Å². The molecule has 0 saturated carbocycles. The van der Waals surface area contributed by atoms with Crippen LogP contribution < -0.4 is 15.6 Å². The molecule has 0 atom stereocenters. The fourth-order valence-corrected chi connectivity index (χ4v) is 4.01. The van der Waals surface area contributed by atoms with Gasteiger partial charge < -0.3 is 14.6 Å². The smallest absolute Gasteiger partial charge is 0.275 e. The third-order valence-corrected chi connectivity index (χ3v) is 5.86. The number of rotatable bonds is 9. The second kappa shape index (κ2) is 10.6. The summed E-state index contributed by atoms with van der Waals surface area (Å²) in [6.45, 7) is 2.02. The molecule has 9 nitrogen and oxygen atoms in total. The zero-order chi connectivity index (χ0) is 23.0. The SMILES string of the molecule is Cc1ccc(NSCc2ccccc2)c(=O)n1CC(=O)NCc1ccccc1-n1cnnn1. The van der Waals surface area contributed by atoms with Crippen LogP contribution in [0, 0.1) is 6.92 Å². The number of hydrogen-bond acceptors (Lipinski definition) is 7. The molecule has 10 heteroatoms. The molecule has 0 spiro atoms. The Hall–Kier alpha value is -3.92. The number of carbonyl (C=O) groups excluding carboxylic acids is 1. The van der Waals surface area contributed by atoms with Gasteiger partial charge in [-0.15, -0.1) is 5.10 Å². The van der Waals surface area contributed by atoms with E-state index in [4.69, 9.17) is 0 Å². The summed E-state index contributed by atoms with van der Waals surface area (Å²) >= 11 is 1.43. The normalized spacial score (nSPS) is 10.7. The molecule has 33 heavy (non-hydrogen) atoms. The third-order valence-electron chi connectivity index (χ3n) is 5.02. The maximum Gasteiger partial charge on any atom is 0.275 e. The highest BCUT2D eigenvalue weighted by molar-refractivity contribution is 7.99. The van der Waals surface area contributed by atoms with Crippen molar-refractivity contribution in [2.45, 2.75) is 25.8 Å². The van der Waals surface area contributed by atoms with Crippen molar-refractivity contribution in [1.29, 1.82) is 0 Å². The predicted octanol–water partition coefficient (Wildman–Crippen LogP) is 2.71. The van der Waals surface area contributed by atoms with Gasteiger partial charge >= 0.3 is 0 Å². The van der Waals surface area contributed by atoms with Gasteiger partial charge in [-0.2, -0.15) is 0 Å². The lowest BCUT2D eigenvalue weighted by molar-refractivity contribution is -0.121. The number of nitrogens with zero attached hydrogens (tertiary/aromatic N) is 5. The number of amides is 1. The van der Waals surface area contributed by atoms with E-state index in [0.29, 0.717) is 11.4 Å². The maximum absolute atomic E-state index is 12.9. The van der Waals surface area contributed by atoms with Crippen molar-refractivity contribution in [3.63, 3.8) is 0 Å². The van der Waals surface area contributed by atoms with Gasteiger partial charge in [-0.3, -0.25) is 9.59 Å². The Kier molecular flexibility index (Phi) is 7.16. The van der Waals surface area contributed by atoms with Crippen molar-refractivity contribution in [3.05, 3.63) is 100 Å². The van der Waals surface area contributed by atoms with Gasteiger partial charge in [0.25, 0.3) is 5.56 Å². The molecule has 168 valence electrons. The van der Waals surface area contributed by atoms with Crippen LogP contribution in [0.2, 0.25) is 0 Å². The summed E-state index contributed by atoms with van der Waals surface area (Å²) in [4.78, 5) is 25.6. The van der Waals surface area contributed by atoms with Crippen LogP contribution in [-0.2, 0) is 23.6 Å². The molecule has 0 bridgehead atoms. The first-order valence-electron chi connectivity index (χ1n) is 10.3. The molecule has 0 aliphatic heterocycles. The number of carbonyl (C=O) groups is 1. The van der Waals surface area contributed by atoms with Gasteiger partial charge in [-0.25, -0.2) is 4.68 Å². The Morgan fingerprint density at radius 2 is 1.82 bits per heavy atom. The highest BCUT2D eigenvalue weighted by atomic mass is 32.2. The highest BCUT2D eigenvalue weighted by Gasteiger charge is 2.12. The number of anilines is 1. The van der Waals surface area contributed by atoms with Gasteiger partial charge in [-0.05, 0) is 58.6 Å². The zero-order valence-corrected chi connectivity index (χ0v) is 18.8. The molecule has 4 aromatic rings. The van der Waals surface area contributed by atoms with Gasteiger partial charge in [0.15, 0.2) is 0 Å². The lowest BCUT2D eigenvalue weighted by atomic mass is 10.2. The van der Waals surface area contributed by atoms with Crippen LogP contribution in [0.5, 0.6) is 0 Å². The number of tetrazole rings is 1. The standard InChI is InChI=1S/C23H23N7O2S/c1-17-11-12-20(26-33-15-18-7-3-2-4-8-18)23(32)29(17)14-22(31)24-13-19-9-5-6-10-21(19)30-16-25-27-28-30/h2-12,16,26H,13-15H2,1H3,(H,24,31). The minimum Gasteiger partial charge on any atom is -0.350 e. The molecule has 0 aliphatic carbocycles. The third kappa shape index (κ3) is 5.66. The van der Waals surface area contributed by atoms with Crippen LogP contribution in [0.25, 0.3) is 5.69 Å². The molecule has 0 radical (unpaired) electrons. The van der Waals surface area contributed by atoms with Gasteiger partial charge in [0.1, 0.15) is 18.6 Å². The second-order valence-electron chi connectivity index (χ2n) is 7.32. The number of nitrogens with one attached hydrogen (secondary N) is 2. The fourth-order valence-electron chi connectivity index (χ4n) is 3.27. The molecule has 0 saturated heterocycles. The van der Waals surface area contributed by atoms with Crippen LogP contribution in [0.3, 0.4) is 0 Å². The fraction of sp³-hybridized carbons (Fsp3) is 0.174. The minimum absolute atomic E-state index is 0.0728. The maximum atomic E-state index is 12.9. The highest BCUT2D eigenvalue weighted by Crippen LogP contribution is 2.15. The number of aryl methyl sites for hydroxylation is 1. The number of para-hydroxylation sites is 1. The molecule has 0 aliphatic rings. The summed E-state index contributed by atoms with van der Waals surface area (Å²) in [5.74, 6) is 0.454. The summed E-state index contributed by atoms with van der Waals surface area (Å²) in [5.41, 5.74) is 3.71. The number of aromatic nitrogens is 5. The van der Waals surface area contributed by atoms with Gasteiger partial charge in [0, 0.05) is 18.0 Å². The quantitative estimate of drug-likeness (QED) is 0.369. The van der Waals surface area contributed by atoms with Crippen molar-refractivity contribution >= 4 is 23.5 Å². The Labute approximate surface area is 195 Å². The van der Waals surface area contributed by atoms with E-state index < -0.39 is 0 Å². The number of benzene rings is 2. The van der Waals surface area contributed by atoms with Gasteiger partial charge in [0.2, 0.25) is 5.91 Å². The number of hydrogen-bond donors (Lipinski definition) is 2. The molecular weight excluding hydrogens is 438 g/mol. The monoisotopic (exact) mass is 461 g/mol. The first-order chi connectivity index (χ1) is 16.1. The molecule has 1 amide bonds. The molecule has 0 unspecified atom stereocenters. The Morgan fingerprint density at radius 1 is 1.03 bits per heavy atom. The summed E-state index contributed by atoms with van der Waals surface area (Å²) in [5, 5.41) is 14.1. The second-order valence-corrected chi connectivity index (χ2v) is 8.10. The van der Waals surface area contributed by atoms with Crippen molar-refractivity contribution < 1.29 is 4.79 Å². The van der Waals surface area contributed by atoms with Gasteiger partial charge in [-0.1, -0.05) is 48.5 Å². The molecule has 2 aromatic carbocycles. The first-order valence-corrected chi connectivity index (χ1v) is 11.3. The van der Waals surface area contributed by atoms with Crippen LogP contribution in [-0.4, -0.2) is 30.7 Å². The number of pyridine rings is 1. The molecule has 0 fully saturated rings. The Morgan fingerprint density at radius 3 is 2.61 bits per heavy atom. The van der Waals surface area contributed by atoms with E-state index in [1.165, 1.54) is 22.8 Å². The van der Waals surface area contributed by atoms with E-state index in [2.05, 4.69) is 25.6 Å². The summed E-state index contributed by atoms with van der Waals surface area (Å²) in [6.07, 6.45) is 1.50. The minimum atomic E-state index is -0.263. The van der Waals surface area contributed by atoms with Crippen LogP contribution in [0.4, 0.5) is 5.69 Å². The van der Waals surface area contributed by atoms with Crippen LogP contribution >= 0.6 is 11.9 Å². The van der Waals surface area contributed by atoms with E-state index in [-0.39, 0.29) is 24.6 Å². The lowest BCUT2D eigenvalue weighted by Crippen LogP contribution is -2.33. The molecule has 2 heterocycles. The van der Waals surface area contributed by atoms with E-state index in [9.17, 15) is 9.59 Å². The first kappa shape index (κ1) is 22.3. The Bertz CT molecular complexity index is 1270. The van der Waals surface area contributed by atoms with E-state index in [1.54, 1.807) is 10.7 Å². The van der Waals surface area contributed by atoms with Crippen molar-refractivity contribution in [2.24, 2.45) is 0 Å².